The smallest absolute Gasteiger partial charge is 0.392 e. The van der Waals surface area contributed by atoms with E-state index in [4.69, 9.17) is 16.4 Å². The first-order valence-electron chi connectivity index (χ1n) is 8.01. The third-order valence-corrected chi connectivity index (χ3v) is 4.18. The Hall–Kier alpha value is -1.23. The molecule has 6 heteroatoms. The number of halogens is 4. The third kappa shape index (κ3) is 5.13. The molecule has 0 heterocycles. The Balaban J connectivity index is 2.30. The van der Waals surface area contributed by atoms with E-state index in [-0.39, 0.29) is 16.7 Å². The molecule has 23 heavy (non-hydrogen) atoms. The fourth-order valence-electron chi connectivity index (χ4n) is 2.78. The van der Waals surface area contributed by atoms with Crippen LogP contribution in [-0.2, 0) is 11.0 Å². The molecule has 128 valence electrons. The lowest BCUT2D eigenvalue weighted by atomic mass is 9.98. The van der Waals surface area contributed by atoms with E-state index in [9.17, 15) is 13.2 Å². The van der Waals surface area contributed by atoms with Gasteiger partial charge in [0.1, 0.15) is 6.10 Å². The second kappa shape index (κ2) is 8.04. The highest BCUT2D eigenvalue weighted by Crippen LogP contribution is 2.34. The van der Waals surface area contributed by atoms with Gasteiger partial charge in [0.15, 0.2) is 0 Å². The van der Waals surface area contributed by atoms with Crippen LogP contribution in [0.1, 0.15) is 63.0 Å². The van der Waals surface area contributed by atoms with Crippen molar-refractivity contribution < 1.29 is 18.0 Å². The first-order valence-corrected chi connectivity index (χ1v) is 8.39. The van der Waals surface area contributed by atoms with Crippen LogP contribution in [0.15, 0.2) is 23.4 Å². The van der Waals surface area contributed by atoms with Crippen LogP contribution in [-0.4, -0.2) is 11.8 Å². The van der Waals surface area contributed by atoms with Crippen molar-refractivity contribution in [2.75, 3.05) is 0 Å². The van der Waals surface area contributed by atoms with E-state index in [1.54, 1.807) is 0 Å². The Morgan fingerprint density at radius 3 is 2.57 bits per heavy atom. The van der Waals surface area contributed by atoms with Crippen molar-refractivity contribution in [2.24, 2.45) is 5.16 Å². The van der Waals surface area contributed by atoms with Gasteiger partial charge in [0.2, 0.25) is 0 Å². The molecule has 0 spiro atoms. The first kappa shape index (κ1) is 18.1. The molecule has 1 aliphatic rings. The molecule has 0 radical (unpaired) electrons. The summed E-state index contributed by atoms with van der Waals surface area (Å²) in [5.41, 5.74) is -0.392. The molecule has 2 nitrogen and oxygen atoms in total. The minimum Gasteiger partial charge on any atom is -0.392 e. The maximum Gasteiger partial charge on any atom is 0.417 e. The van der Waals surface area contributed by atoms with Gasteiger partial charge in [-0.15, -0.1) is 0 Å². The van der Waals surface area contributed by atoms with Crippen LogP contribution in [0.25, 0.3) is 0 Å². The standard InChI is InChI=1S/C17H21ClF3NO/c1-2-6-16(22-23-13-7-4-3-5-8-13)14-11-12(18)9-10-15(14)17(19,20)21/h9-11,13H,2-8H2,1H3. The molecule has 0 bridgehead atoms. The van der Waals surface area contributed by atoms with E-state index in [2.05, 4.69) is 5.16 Å². The molecule has 2 rings (SSSR count). The van der Waals surface area contributed by atoms with Crippen molar-refractivity contribution in [3.63, 3.8) is 0 Å². The van der Waals surface area contributed by atoms with Gasteiger partial charge in [-0.1, -0.05) is 36.5 Å². The number of rotatable bonds is 5. The molecule has 1 fully saturated rings. The van der Waals surface area contributed by atoms with Gasteiger partial charge in [0, 0.05) is 10.6 Å². The van der Waals surface area contributed by atoms with E-state index in [0.29, 0.717) is 18.6 Å². The van der Waals surface area contributed by atoms with Crippen molar-refractivity contribution in [1.29, 1.82) is 0 Å². The molecule has 0 N–H and O–H groups in total. The molecule has 0 amide bonds. The van der Waals surface area contributed by atoms with Crippen LogP contribution in [0.4, 0.5) is 13.2 Å². The third-order valence-electron chi connectivity index (χ3n) is 3.95. The molecule has 1 saturated carbocycles. The minimum atomic E-state index is -4.45. The van der Waals surface area contributed by atoms with Gasteiger partial charge in [0.25, 0.3) is 0 Å². The molecule has 0 aliphatic heterocycles. The average molecular weight is 348 g/mol. The van der Waals surface area contributed by atoms with Crippen molar-refractivity contribution in [3.05, 3.63) is 34.3 Å². The number of hydrogen-bond acceptors (Lipinski definition) is 2. The monoisotopic (exact) mass is 347 g/mol. The van der Waals surface area contributed by atoms with Crippen LogP contribution >= 0.6 is 11.6 Å². The number of nitrogens with zero attached hydrogens (tertiary/aromatic N) is 1. The second-order valence-electron chi connectivity index (χ2n) is 5.84. The number of oxime groups is 1. The number of alkyl halides is 3. The predicted octanol–water partition coefficient (Wildman–Crippen LogP) is 6.21. The largest absolute Gasteiger partial charge is 0.417 e. The summed E-state index contributed by atoms with van der Waals surface area (Å²) in [7, 11) is 0. The summed E-state index contributed by atoms with van der Waals surface area (Å²) < 4.78 is 39.7. The lowest BCUT2D eigenvalue weighted by Gasteiger charge is -2.20. The van der Waals surface area contributed by atoms with Crippen molar-refractivity contribution in [2.45, 2.75) is 64.1 Å². The summed E-state index contributed by atoms with van der Waals surface area (Å²) in [6, 6.07) is 3.58. The van der Waals surface area contributed by atoms with Gasteiger partial charge in [-0.2, -0.15) is 13.2 Å². The normalized spacial score (nSPS) is 17.3. The summed E-state index contributed by atoms with van der Waals surface area (Å²) in [6.45, 7) is 1.90. The highest BCUT2D eigenvalue weighted by molar-refractivity contribution is 6.31. The van der Waals surface area contributed by atoms with Crippen molar-refractivity contribution >= 4 is 17.3 Å². The maximum atomic E-state index is 13.2. The summed E-state index contributed by atoms with van der Waals surface area (Å²) in [4.78, 5) is 5.54. The summed E-state index contributed by atoms with van der Waals surface area (Å²) in [5.74, 6) is 0. The van der Waals surface area contributed by atoms with Crippen LogP contribution in [0.3, 0.4) is 0 Å². The van der Waals surface area contributed by atoms with Crippen LogP contribution in [0.5, 0.6) is 0 Å². The zero-order chi connectivity index (χ0) is 16.9. The quantitative estimate of drug-likeness (QED) is 0.458. The van der Waals surface area contributed by atoms with E-state index in [1.807, 2.05) is 6.92 Å². The number of hydrogen-bond donors (Lipinski definition) is 0. The average Bonchev–Trinajstić information content (AvgIpc) is 2.51. The Kier molecular flexibility index (Phi) is 6.33. The number of benzene rings is 1. The van der Waals surface area contributed by atoms with Crippen LogP contribution < -0.4 is 0 Å². The Morgan fingerprint density at radius 2 is 1.96 bits per heavy atom. The van der Waals surface area contributed by atoms with E-state index >= 15 is 0 Å². The SMILES string of the molecule is CCCC(=NOC1CCCCC1)c1cc(Cl)ccc1C(F)(F)F. The molecule has 1 aromatic rings. The van der Waals surface area contributed by atoms with Gasteiger partial charge in [-0.3, -0.25) is 0 Å². The van der Waals surface area contributed by atoms with Gasteiger partial charge in [-0.25, -0.2) is 0 Å². The Labute approximate surface area is 139 Å². The first-order chi connectivity index (χ1) is 10.9. The summed E-state index contributed by atoms with van der Waals surface area (Å²) in [6.07, 6.45) is 1.80. The van der Waals surface area contributed by atoms with Crippen molar-refractivity contribution in [1.82, 2.24) is 0 Å². The topological polar surface area (TPSA) is 21.6 Å². The molecule has 0 aromatic heterocycles. The molecular weight excluding hydrogens is 327 g/mol. The highest BCUT2D eigenvalue weighted by atomic mass is 35.5. The fourth-order valence-corrected chi connectivity index (χ4v) is 2.95. The molecule has 0 atom stereocenters. The lowest BCUT2D eigenvalue weighted by molar-refractivity contribution is -0.137. The van der Waals surface area contributed by atoms with Crippen LogP contribution in [0, 0.1) is 0 Å². The Bertz CT molecular complexity index is 551. The van der Waals surface area contributed by atoms with E-state index in [0.717, 1.165) is 31.7 Å². The van der Waals surface area contributed by atoms with Gasteiger partial charge >= 0.3 is 6.18 Å². The fraction of sp³-hybridized carbons (Fsp3) is 0.588. The zero-order valence-electron chi connectivity index (χ0n) is 13.1. The lowest BCUT2D eigenvalue weighted by Crippen LogP contribution is -2.17. The summed E-state index contributed by atoms with van der Waals surface area (Å²) >= 11 is 5.90. The molecule has 1 aromatic carbocycles. The van der Waals surface area contributed by atoms with Crippen LogP contribution in [0.2, 0.25) is 5.02 Å². The summed E-state index contributed by atoms with van der Waals surface area (Å²) in [5, 5.41) is 4.34. The zero-order valence-corrected chi connectivity index (χ0v) is 13.9. The molecule has 1 aliphatic carbocycles. The second-order valence-corrected chi connectivity index (χ2v) is 6.28. The van der Waals surface area contributed by atoms with Gasteiger partial charge in [0.05, 0.1) is 11.3 Å². The highest BCUT2D eigenvalue weighted by Gasteiger charge is 2.34. The van der Waals surface area contributed by atoms with Crippen molar-refractivity contribution in [3.8, 4) is 0 Å². The molecule has 0 unspecified atom stereocenters. The maximum absolute atomic E-state index is 13.2. The minimum absolute atomic E-state index is 0.00382. The van der Waals surface area contributed by atoms with Gasteiger partial charge < -0.3 is 4.84 Å². The van der Waals surface area contributed by atoms with Gasteiger partial charge in [-0.05, 0) is 50.3 Å². The Morgan fingerprint density at radius 1 is 1.26 bits per heavy atom. The van der Waals surface area contributed by atoms with E-state index in [1.165, 1.54) is 18.6 Å². The molecule has 0 saturated heterocycles. The van der Waals surface area contributed by atoms with E-state index < -0.39 is 11.7 Å². The molecular formula is C17H21ClF3NO. The predicted molar refractivity (Wildman–Crippen MR) is 85.9 cm³/mol.